The molecule has 3 aromatic heterocycles. The van der Waals surface area contributed by atoms with Crippen LogP contribution in [0.4, 0.5) is 0 Å². The van der Waals surface area contributed by atoms with Crippen LogP contribution in [0.15, 0.2) is 48.6 Å². The highest BCUT2D eigenvalue weighted by Crippen LogP contribution is 2.52. The molecule has 10 N–H and O–H groups in total. The molecule has 0 radical (unpaired) electrons. The SMILES string of the molecule is C=Cc1c(C)c2cc3nc(cc4[nH]c(cc5nc(cc1[nH]2)C(C)=C5CCC(=O)NCCOCCOCCO)c(CCC(O)NCCOCCOCCO)c4C)C1(C)C3=CC=C(C(=O)NCCN)C1C(=O)OC. The van der Waals surface area contributed by atoms with Gasteiger partial charge in [0.2, 0.25) is 11.8 Å². The Bertz CT molecular complexity index is 2690. The average molecular weight is 997 g/mol. The molecular weight excluding hydrogens is 925 g/mol. The highest BCUT2D eigenvalue weighted by atomic mass is 16.5. The number of carbonyl (C=O) groups excluding carboxylic acids is 3. The van der Waals surface area contributed by atoms with Gasteiger partial charge in [0.1, 0.15) is 12.1 Å². The fraction of sp³-hybridized carbons (Fsp3) is 0.491. The second kappa shape index (κ2) is 26.7. The van der Waals surface area contributed by atoms with Gasteiger partial charge in [-0.3, -0.25) is 24.7 Å². The van der Waals surface area contributed by atoms with E-state index in [9.17, 15) is 19.5 Å². The van der Waals surface area contributed by atoms with Crippen LogP contribution in [-0.2, 0) is 49.9 Å². The summed E-state index contributed by atoms with van der Waals surface area (Å²) < 4.78 is 27.1. The van der Waals surface area contributed by atoms with Crippen molar-refractivity contribution in [3.63, 3.8) is 0 Å². The molecule has 2 aliphatic heterocycles. The number of nitrogens with two attached hydrogens (primary N) is 1. The molecule has 390 valence electrons. The number of aryl methyl sites for hydroxylation is 3. The van der Waals surface area contributed by atoms with Crippen LogP contribution in [-0.4, -0.2) is 159 Å². The van der Waals surface area contributed by atoms with Gasteiger partial charge in [0.05, 0.1) is 101 Å². The Kier molecular flexibility index (Phi) is 20.6. The number of H-pyrrole nitrogens is 2. The van der Waals surface area contributed by atoms with E-state index in [4.69, 9.17) is 49.6 Å². The average Bonchev–Trinajstić information content (AvgIpc) is 4.03. The number of aliphatic hydroxyl groups excluding tert-OH is 3. The molecule has 19 heteroatoms. The lowest BCUT2D eigenvalue weighted by molar-refractivity contribution is -0.146. The summed E-state index contributed by atoms with van der Waals surface area (Å²) in [7, 11) is 1.31. The van der Waals surface area contributed by atoms with Crippen molar-refractivity contribution >= 4 is 62.6 Å². The Hall–Kier alpha value is -5.87. The molecule has 8 bridgehead atoms. The maximum Gasteiger partial charge on any atom is 0.314 e. The van der Waals surface area contributed by atoms with Gasteiger partial charge >= 0.3 is 5.97 Å². The fourth-order valence-electron chi connectivity index (χ4n) is 9.36. The summed E-state index contributed by atoms with van der Waals surface area (Å²) in [5, 5.41) is 37.9. The number of nitrogens with one attached hydrogen (secondary N) is 5. The molecule has 3 unspecified atom stereocenters. The number of fused-ring (bicyclic) bond motifs is 11. The zero-order valence-electron chi connectivity index (χ0n) is 42.2. The maximum atomic E-state index is 14.1. The highest BCUT2D eigenvalue weighted by molar-refractivity contribution is 6.04. The highest BCUT2D eigenvalue weighted by Gasteiger charge is 2.53. The third-order valence-electron chi connectivity index (χ3n) is 13.3. The molecule has 0 aromatic carbocycles. The molecule has 19 nitrogen and oxygen atoms in total. The number of hydrogen-bond donors (Lipinski definition) is 9. The van der Waals surface area contributed by atoms with Crippen molar-refractivity contribution in [2.75, 3.05) is 99.4 Å². The molecule has 1 aliphatic carbocycles. The zero-order chi connectivity index (χ0) is 51.8. The first-order valence-corrected chi connectivity index (χ1v) is 24.6. The number of aliphatic hydroxyl groups is 3. The van der Waals surface area contributed by atoms with Crippen molar-refractivity contribution in [3.05, 3.63) is 93.6 Å². The minimum atomic E-state index is -1.18. The number of carbonyl (C=O) groups is 3. The summed E-state index contributed by atoms with van der Waals surface area (Å²) in [6.45, 7) is 15.6. The molecule has 72 heavy (non-hydrogen) atoms. The van der Waals surface area contributed by atoms with Gasteiger partial charge < -0.3 is 65.3 Å². The van der Waals surface area contributed by atoms with Crippen molar-refractivity contribution in [3.8, 4) is 0 Å². The largest absolute Gasteiger partial charge is 0.469 e. The van der Waals surface area contributed by atoms with Crippen LogP contribution < -0.4 is 21.7 Å². The molecular formula is C53H72N8O11. The smallest absolute Gasteiger partial charge is 0.314 e. The number of aromatic amines is 2. The van der Waals surface area contributed by atoms with E-state index in [1.54, 1.807) is 12.2 Å². The predicted molar refractivity (Wildman–Crippen MR) is 276 cm³/mol. The number of rotatable bonds is 28. The monoisotopic (exact) mass is 997 g/mol. The maximum absolute atomic E-state index is 14.1. The van der Waals surface area contributed by atoms with Crippen molar-refractivity contribution in [1.82, 2.24) is 35.9 Å². The molecule has 3 aromatic rings. The van der Waals surface area contributed by atoms with Crippen molar-refractivity contribution in [2.45, 2.75) is 65.0 Å². The minimum absolute atomic E-state index is 0.0567. The van der Waals surface area contributed by atoms with E-state index in [1.807, 2.05) is 58.0 Å². The van der Waals surface area contributed by atoms with Crippen LogP contribution >= 0.6 is 0 Å². The molecule has 3 atom stereocenters. The molecule has 6 rings (SSSR count). The topological polar surface area (TPSA) is 278 Å². The van der Waals surface area contributed by atoms with Gasteiger partial charge in [0.15, 0.2) is 0 Å². The van der Waals surface area contributed by atoms with Crippen LogP contribution in [0.25, 0.3) is 44.9 Å². The van der Waals surface area contributed by atoms with E-state index >= 15 is 0 Å². The number of amides is 2. The van der Waals surface area contributed by atoms with Crippen LogP contribution in [0, 0.1) is 19.8 Å². The molecule has 3 aliphatic rings. The molecule has 0 spiro atoms. The van der Waals surface area contributed by atoms with Gasteiger partial charge in [-0.1, -0.05) is 24.8 Å². The van der Waals surface area contributed by atoms with Crippen molar-refractivity contribution in [2.24, 2.45) is 11.7 Å². The first kappa shape index (κ1) is 55.4. The quantitative estimate of drug-likeness (QED) is 0.0286. The third-order valence-corrected chi connectivity index (χ3v) is 13.3. The Morgan fingerprint density at radius 2 is 1.43 bits per heavy atom. The summed E-state index contributed by atoms with van der Waals surface area (Å²) in [6.07, 6.45) is 5.78. The zero-order valence-corrected chi connectivity index (χ0v) is 42.2. The number of hydrogen-bond acceptors (Lipinski definition) is 15. The first-order valence-electron chi connectivity index (χ1n) is 24.6. The summed E-state index contributed by atoms with van der Waals surface area (Å²) in [5.41, 5.74) is 16.3. The number of ether oxygens (including phenoxy) is 5. The lowest BCUT2D eigenvalue weighted by atomic mass is 9.64. The second-order valence-electron chi connectivity index (χ2n) is 17.9. The third kappa shape index (κ3) is 13.2. The lowest BCUT2D eigenvalue weighted by Gasteiger charge is -2.37. The number of aromatic nitrogens is 4. The van der Waals surface area contributed by atoms with E-state index in [0.717, 1.165) is 55.5 Å². The Labute approximate surface area is 420 Å². The van der Waals surface area contributed by atoms with Crippen molar-refractivity contribution in [1.29, 1.82) is 0 Å². The van der Waals surface area contributed by atoms with Gasteiger partial charge in [-0.05, 0) is 105 Å². The van der Waals surface area contributed by atoms with Gasteiger partial charge in [-0.2, -0.15) is 0 Å². The minimum Gasteiger partial charge on any atom is -0.469 e. The number of esters is 1. The van der Waals surface area contributed by atoms with Gasteiger partial charge in [-0.25, -0.2) is 4.98 Å². The van der Waals surface area contributed by atoms with Gasteiger partial charge in [0, 0.05) is 65.8 Å². The normalized spacial score (nSPS) is 16.8. The number of methoxy groups -OCH3 is 1. The molecule has 2 amide bonds. The van der Waals surface area contributed by atoms with E-state index in [2.05, 4.69) is 32.5 Å². The molecule has 5 heterocycles. The van der Waals surface area contributed by atoms with Crippen LogP contribution in [0.2, 0.25) is 0 Å². The molecule has 0 fully saturated rings. The number of allylic oxidation sites excluding steroid dienone is 5. The van der Waals surface area contributed by atoms with E-state index in [-0.39, 0.29) is 57.4 Å². The molecule has 0 saturated carbocycles. The van der Waals surface area contributed by atoms with Crippen LogP contribution in [0.3, 0.4) is 0 Å². The van der Waals surface area contributed by atoms with E-state index < -0.39 is 29.4 Å². The predicted octanol–water partition coefficient (Wildman–Crippen LogP) is 3.44. The summed E-state index contributed by atoms with van der Waals surface area (Å²) >= 11 is 0. The standard InChI is InChI=1S/C53H72N8O11/c1-7-35-32(2)41-29-46-39-11-8-38(51(66)57-15-14-54)50(52(67)68-6)53(39,5)47(61-46)31-42-34(4)37(10-13-49(65)56-17-21-70-25-27-72-23-19-63)45(60-42)30-44-36(33(3)40(59-44)28-43(35)58-41)9-12-48(64)55-16-20-69-24-26-71-22-18-62/h7-8,11,28-31,49-50,56,58,60,62-63,65H,1,9-10,12-27,54H2,2-6H3,(H,55,64)(H,57,66). The fourth-order valence-corrected chi connectivity index (χ4v) is 9.36. The molecule has 0 saturated heterocycles. The summed E-state index contributed by atoms with van der Waals surface area (Å²) in [6, 6.07) is 7.84. The Morgan fingerprint density at radius 1 is 0.792 bits per heavy atom. The van der Waals surface area contributed by atoms with Crippen molar-refractivity contribution < 1.29 is 53.4 Å². The van der Waals surface area contributed by atoms with Crippen LogP contribution in [0.5, 0.6) is 0 Å². The van der Waals surface area contributed by atoms with Gasteiger partial charge in [-0.15, -0.1) is 0 Å². The number of nitrogens with zero attached hydrogens (tertiary/aromatic N) is 2. The lowest BCUT2D eigenvalue weighted by Crippen LogP contribution is -2.44. The first-order chi connectivity index (χ1) is 34.8. The summed E-state index contributed by atoms with van der Waals surface area (Å²) in [4.78, 5) is 58.9. The Balaban J connectivity index is 1.47. The summed E-state index contributed by atoms with van der Waals surface area (Å²) in [5.74, 6) is -2.27. The Morgan fingerprint density at radius 3 is 2.10 bits per heavy atom. The van der Waals surface area contributed by atoms with E-state index in [1.165, 1.54) is 7.11 Å². The second-order valence-corrected chi connectivity index (χ2v) is 17.9. The van der Waals surface area contributed by atoms with E-state index in [0.29, 0.717) is 100 Å². The van der Waals surface area contributed by atoms with Gasteiger partial charge in [0.25, 0.3) is 0 Å². The van der Waals surface area contributed by atoms with Crippen LogP contribution in [0.1, 0.15) is 78.1 Å².